The molecule has 1 aliphatic rings. The molecule has 5 heteroatoms. The molecule has 1 aliphatic carbocycles. The maximum absolute atomic E-state index is 11.9. The van der Waals surface area contributed by atoms with Crippen molar-refractivity contribution in [3.8, 4) is 6.07 Å². The third-order valence-corrected chi connectivity index (χ3v) is 3.44. The van der Waals surface area contributed by atoms with Gasteiger partial charge >= 0.3 is 0 Å². The molecular formula is C14H15N3OS. The number of carbonyl (C=O) groups excluding carboxylic acids is 1. The van der Waals surface area contributed by atoms with E-state index < -0.39 is 0 Å². The van der Waals surface area contributed by atoms with Crippen LogP contribution in [0, 0.1) is 17.2 Å². The molecule has 1 aromatic carbocycles. The first-order valence-corrected chi connectivity index (χ1v) is 6.72. The van der Waals surface area contributed by atoms with E-state index in [2.05, 4.69) is 10.6 Å². The van der Waals surface area contributed by atoms with E-state index in [1.54, 1.807) is 24.3 Å². The molecule has 0 unspecified atom stereocenters. The lowest BCUT2D eigenvalue weighted by atomic mass is 10.1. The van der Waals surface area contributed by atoms with Crippen LogP contribution < -0.4 is 10.6 Å². The lowest BCUT2D eigenvalue weighted by Gasteiger charge is -2.12. The van der Waals surface area contributed by atoms with Crippen LogP contribution >= 0.6 is 12.2 Å². The second-order valence-corrected chi connectivity index (χ2v) is 5.02. The van der Waals surface area contributed by atoms with Crippen LogP contribution in [0.5, 0.6) is 0 Å². The van der Waals surface area contributed by atoms with Gasteiger partial charge in [-0.3, -0.25) is 4.79 Å². The summed E-state index contributed by atoms with van der Waals surface area (Å²) in [6.07, 6.45) is 4.14. The monoisotopic (exact) mass is 273 g/mol. The van der Waals surface area contributed by atoms with Crippen LogP contribution in [-0.4, -0.2) is 11.0 Å². The van der Waals surface area contributed by atoms with Crippen molar-refractivity contribution in [2.24, 2.45) is 5.92 Å². The third-order valence-electron chi connectivity index (χ3n) is 3.23. The van der Waals surface area contributed by atoms with Gasteiger partial charge in [-0.05, 0) is 49.3 Å². The van der Waals surface area contributed by atoms with Gasteiger partial charge in [0.25, 0.3) is 0 Å². The number of benzene rings is 1. The summed E-state index contributed by atoms with van der Waals surface area (Å²) in [5, 5.41) is 14.7. The van der Waals surface area contributed by atoms with Gasteiger partial charge in [0.15, 0.2) is 5.11 Å². The minimum atomic E-state index is 0.00338. The Labute approximate surface area is 117 Å². The Balaban J connectivity index is 1.86. The van der Waals surface area contributed by atoms with E-state index in [9.17, 15) is 4.79 Å². The number of nitrogens with one attached hydrogen (secondary N) is 2. The molecule has 0 radical (unpaired) electrons. The summed E-state index contributed by atoms with van der Waals surface area (Å²) in [6, 6.07) is 8.96. The van der Waals surface area contributed by atoms with Gasteiger partial charge in [-0.2, -0.15) is 5.26 Å². The summed E-state index contributed by atoms with van der Waals surface area (Å²) < 4.78 is 0. The predicted octanol–water partition coefficient (Wildman–Crippen LogP) is 2.56. The van der Waals surface area contributed by atoms with Crippen molar-refractivity contribution in [3.05, 3.63) is 29.8 Å². The minimum absolute atomic E-state index is 0.00338. The van der Waals surface area contributed by atoms with E-state index in [0.717, 1.165) is 31.4 Å². The normalized spacial score (nSPS) is 14.7. The molecule has 4 nitrogen and oxygen atoms in total. The number of rotatable bonds is 2. The van der Waals surface area contributed by atoms with Crippen LogP contribution in [-0.2, 0) is 4.79 Å². The SMILES string of the molecule is N#Cc1ccc(NC(=S)NC(=O)C2CCCC2)cc1. The Morgan fingerprint density at radius 2 is 1.89 bits per heavy atom. The van der Waals surface area contributed by atoms with Crippen molar-refractivity contribution in [1.82, 2.24) is 5.32 Å². The number of nitriles is 1. The molecule has 98 valence electrons. The topological polar surface area (TPSA) is 64.9 Å². The molecule has 0 heterocycles. The first-order chi connectivity index (χ1) is 9.19. The Morgan fingerprint density at radius 3 is 2.47 bits per heavy atom. The van der Waals surface area contributed by atoms with Gasteiger partial charge in [0.2, 0.25) is 5.91 Å². The van der Waals surface area contributed by atoms with Crippen LogP contribution in [0.25, 0.3) is 0 Å². The number of hydrogen-bond donors (Lipinski definition) is 2. The smallest absolute Gasteiger partial charge is 0.229 e. The largest absolute Gasteiger partial charge is 0.332 e. The van der Waals surface area contributed by atoms with E-state index in [0.29, 0.717) is 10.7 Å². The fraction of sp³-hybridized carbons (Fsp3) is 0.357. The van der Waals surface area contributed by atoms with Crippen LogP contribution in [0.2, 0.25) is 0 Å². The highest BCUT2D eigenvalue weighted by molar-refractivity contribution is 7.80. The van der Waals surface area contributed by atoms with Crippen LogP contribution in [0.15, 0.2) is 24.3 Å². The van der Waals surface area contributed by atoms with Gasteiger partial charge < -0.3 is 10.6 Å². The molecular weight excluding hydrogens is 258 g/mol. The fourth-order valence-electron chi connectivity index (χ4n) is 2.19. The summed E-state index contributed by atoms with van der Waals surface area (Å²) in [5.41, 5.74) is 1.35. The zero-order valence-electron chi connectivity index (χ0n) is 10.5. The summed E-state index contributed by atoms with van der Waals surface area (Å²) in [5.74, 6) is 0.101. The van der Waals surface area contributed by atoms with Gasteiger partial charge in [0, 0.05) is 11.6 Å². The Hall–Kier alpha value is -1.93. The maximum Gasteiger partial charge on any atom is 0.229 e. The standard InChI is InChI=1S/C14H15N3OS/c15-9-10-5-7-12(8-6-10)16-14(19)17-13(18)11-3-1-2-4-11/h5-8,11H,1-4H2,(H2,16,17,18,19). The highest BCUT2D eigenvalue weighted by atomic mass is 32.1. The quantitative estimate of drug-likeness (QED) is 0.813. The summed E-state index contributed by atoms with van der Waals surface area (Å²) in [4.78, 5) is 11.9. The minimum Gasteiger partial charge on any atom is -0.332 e. The van der Waals surface area contributed by atoms with Crippen LogP contribution in [0.3, 0.4) is 0 Å². The molecule has 1 aromatic rings. The van der Waals surface area contributed by atoms with Gasteiger partial charge in [-0.15, -0.1) is 0 Å². The molecule has 1 fully saturated rings. The number of thiocarbonyl (C=S) groups is 1. The third kappa shape index (κ3) is 3.76. The average molecular weight is 273 g/mol. The van der Waals surface area contributed by atoms with E-state index in [-0.39, 0.29) is 11.8 Å². The molecule has 0 saturated heterocycles. The van der Waals surface area contributed by atoms with Crippen molar-refractivity contribution in [2.75, 3.05) is 5.32 Å². The Bertz CT molecular complexity index is 512. The van der Waals surface area contributed by atoms with Crippen molar-refractivity contribution < 1.29 is 4.79 Å². The van der Waals surface area contributed by atoms with Gasteiger partial charge in [-0.25, -0.2) is 0 Å². The molecule has 2 rings (SSSR count). The predicted molar refractivity (Wildman–Crippen MR) is 77.5 cm³/mol. The molecule has 2 N–H and O–H groups in total. The molecule has 0 spiro atoms. The lowest BCUT2D eigenvalue weighted by molar-refractivity contribution is -0.123. The van der Waals surface area contributed by atoms with E-state index in [1.165, 1.54) is 0 Å². The van der Waals surface area contributed by atoms with Gasteiger partial charge in [-0.1, -0.05) is 12.8 Å². The molecule has 0 aromatic heterocycles. The van der Waals surface area contributed by atoms with Crippen LogP contribution in [0.1, 0.15) is 31.2 Å². The van der Waals surface area contributed by atoms with Gasteiger partial charge in [0.1, 0.15) is 0 Å². The van der Waals surface area contributed by atoms with Crippen molar-refractivity contribution >= 4 is 28.9 Å². The maximum atomic E-state index is 11.9. The van der Waals surface area contributed by atoms with E-state index in [4.69, 9.17) is 17.5 Å². The van der Waals surface area contributed by atoms with E-state index in [1.807, 2.05) is 6.07 Å². The lowest BCUT2D eigenvalue weighted by Crippen LogP contribution is -2.37. The number of hydrogen-bond acceptors (Lipinski definition) is 3. The van der Waals surface area contributed by atoms with E-state index >= 15 is 0 Å². The summed E-state index contributed by atoms with van der Waals surface area (Å²) in [7, 11) is 0. The molecule has 1 saturated carbocycles. The molecule has 19 heavy (non-hydrogen) atoms. The molecule has 0 aliphatic heterocycles. The zero-order valence-corrected chi connectivity index (χ0v) is 11.3. The molecule has 0 bridgehead atoms. The second-order valence-electron chi connectivity index (χ2n) is 4.61. The number of nitrogens with zero attached hydrogens (tertiary/aromatic N) is 1. The van der Waals surface area contributed by atoms with Crippen molar-refractivity contribution in [1.29, 1.82) is 5.26 Å². The van der Waals surface area contributed by atoms with Crippen molar-refractivity contribution in [3.63, 3.8) is 0 Å². The second kappa shape index (κ2) is 6.30. The first kappa shape index (κ1) is 13.5. The first-order valence-electron chi connectivity index (χ1n) is 6.31. The Kier molecular flexibility index (Phi) is 4.48. The molecule has 0 atom stereocenters. The number of carbonyl (C=O) groups is 1. The Morgan fingerprint density at radius 1 is 1.26 bits per heavy atom. The average Bonchev–Trinajstić information content (AvgIpc) is 2.93. The number of anilines is 1. The zero-order chi connectivity index (χ0) is 13.7. The molecule has 1 amide bonds. The number of amides is 1. The highest BCUT2D eigenvalue weighted by Gasteiger charge is 2.23. The fourth-order valence-corrected chi connectivity index (χ4v) is 2.41. The highest BCUT2D eigenvalue weighted by Crippen LogP contribution is 2.24. The van der Waals surface area contributed by atoms with Crippen LogP contribution in [0.4, 0.5) is 5.69 Å². The van der Waals surface area contributed by atoms with Crippen molar-refractivity contribution in [2.45, 2.75) is 25.7 Å². The summed E-state index contributed by atoms with van der Waals surface area (Å²) >= 11 is 5.10. The summed E-state index contributed by atoms with van der Waals surface area (Å²) in [6.45, 7) is 0. The van der Waals surface area contributed by atoms with Gasteiger partial charge in [0.05, 0.1) is 11.6 Å².